The number of rotatable bonds is 3. The summed E-state index contributed by atoms with van der Waals surface area (Å²) < 4.78 is 81.4. The fourth-order valence-electron chi connectivity index (χ4n) is 1.80. The smallest absolute Gasteiger partial charge is 0.417 e. The zero-order valence-electron chi connectivity index (χ0n) is 11.1. The van der Waals surface area contributed by atoms with Gasteiger partial charge in [-0.15, -0.1) is 0 Å². The lowest BCUT2D eigenvalue weighted by Crippen LogP contribution is -2.18. The van der Waals surface area contributed by atoms with Gasteiger partial charge in [-0.05, 0) is 24.6 Å². The number of carbonyl (C=O) groups excluding carboxylic acids is 1. The molecule has 0 bridgehead atoms. The fourth-order valence-corrected chi connectivity index (χ4v) is 1.80. The number of benzene rings is 1. The van der Waals surface area contributed by atoms with Crippen molar-refractivity contribution < 1.29 is 35.9 Å². The van der Waals surface area contributed by atoms with E-state index in [9.17, 15) is 31.1 Å². The van der Waals surface area contributed by atoms with Crippen LogP contribution in [0.3, 0.4) is 0 Å². The van der Waals surface area contributed by atoms with Crippen LogP contribution in [0.15, 0.2) is 12.1 Å². The lowest BCUT2D eigenvalue weighted by Gasteiger charge is -2.17. The van der Waals surface area contributed by atoms with E-state index >= 15 is 0 Å². The summed E-state index contributed by atoms with van der Waals surface area (Å²) in [6.45, 7) is 1.26. The molecule has 0 saturated heterocycles. The standard InChI is InChI=1S/C13H9F6NO2/c1-2-22-10(21)5-7-3-9(12(14,15)16)4-8(6-20)11(7)13(17,18)19/h3-4H,2,5H2,1H3. The van der Waals surface area contributed by atoms with Crippen molar-refractivity contribution in [1.82, 2.24) is 0 Å². The summed E-state index contributed by atoms with van der Waals surface area (Å²) >= 11 is 0. The lowest BCUT2D eigenvalue weighted by atomic mass is 9.95. The van der Waals surface area contributed by atoms with Crippen molar-refractivity contribution in [2.75, 3.05) is 6.61 Å². The van der Waals surface area contributed by atoms with Gasteiger partial charge in [0.2, 0.25) is 0 Å². The number of alkyl halides is 6. The van der Waals surface area contributed by atoms with E-state index in [-0.39, 0.29) is 18.7 Å². The van der Waals surface area contributed by atoms with Crippen LogP contribution in [0.4, 0.5) is 26.3 Å². The van der Waals surface area contributed by atoms with Crippen molar-refractivity contribution in [3.8, 4) is 6.07 Å². The van der Waals surface area contributed by atoms with Crippen LogP contribution in [0.2, 0.25) is 0 Å². The molecule has 0 radical (unpaired) electrons. The van der Waals surface area contributed by atoms with E-state index in [0.29, 0.717) is 0 Å². The van der Waals surface area contributed by atoms with Gasteiger partial charge in [-0.3, -0.25) is 4.79 Å². The molecule has 1 rings (SSSR count). The highest BCUT2D eigenvalue weighted by molar-refractivity contribution is 5.74. The predicted molar refractivity (Wildman–Crippen MR) is 61.5 cm³/mol. The van der Waals surface area contributed by atoms with E-state index < -0.39 is 47.0 Å². The molecule has 0 aliphatic carbocycles. The largest absolute Gasteiger partial charge is 0.466 e. The van der Waals surface area contributed by atoms with Crippen LogP contribution in [0.1, 0.15) is 29.2 Å². The third-order valence-corrected chi connectivity index (χ3v) is 2.59. The summed E-state index contributed by atoms with van der Waals surface area (Å²) in [5, 5.41) is 8.70. The van der Waals surface area contributed by atoms with Gasteiger partial charge in [0.15, 0.2) is 0 Å². The van der Waals surface area contributed by atoms with E-state index in [2.05, 4.69) is 4.74 Å². The molecule has 0 aliphatic rings. The number of esters is 1. The maximum absolute atomic E-state index is 13.0. The first-order valence-electron chi connectivity index (χ1n) is 5.87. The third kappa shape index (κ3) is 4.13. The summed E-state index contributed by atoms with van der Waals surface area (Å²) in [4.78, 5) is 11.3. The quantitative estimate of drug-likeness (QED) is 0.629. The number of hydrogen-bond acceptors (Lipinski definition) is 3. The Morgan fingerprint density at radius 1 is 1.18 bits per heavy atom. The zero-order valence-corrected chi connectivity index (χ0v) is 11.1. The van der Waals surface area contributed by atoms with Crippen molar-refractivity contribution >= 4 is 5.97 Å². The number of hydrogen-bond donors (Lipinski definition) is 0. The van der Waals surface area contributed by atoms with Gasteiger partial charge in [0.25, 0.3) is 0 Å². The van der Waals surface area contributed by atoms with Crippen LogP contribution >= 0.6 is 0 Å². The molecule has 0 saturated carbocycles. The normalized spacial score (nSPS) is 11.9. The van der Waals surface area contributed by atoms with E-state index in [0.717, 1.165) is 6.07 Å². The second kappa shape index (κ2) is 6.25. The molecule has 0 aliphatic heterocycles. The molecule has 120 valence electrons. The van der Waals surface area contributed by atoms with Gasteiger partial charge in [-0.2, -0.15) is 31.6 Å². The fraction of sp³-hybridized carbons (Fsp3) is 0.385. The number of ether oxygens (including phenoxy) is 1. The first-order chi connectivity index (χ1) is 10.0. The molecule has 0 N–H and O–H groups in total. The van der Waals surface area contributed by atoms with Crippen LogP contribution in [0.25, 0.3) is 0 Å². The first-order valence-corrected chi connectivity index (χ1v) is 5.87. The first kappa shape index (κ1) is 17.8. The summed E-state index contributed by atoms with van der Waals surface area (Å²) in [5.41, 5.74) is -5.13. The minimum Gasteiger partial charge on any atom is -0.466 e. The number of nitrogens with zero attached hydrogens (tertiary/aromatic N) is 1. The number of halogens is 6. The van der Waals surface area contributed by atoms with Crippen molar-refractivity contribution in [1.29, 1.82) is 5.26 Å². The molecule has 1 aromatic carbocycles. The Labute approximate surface area is 121 Å². The molecule has 0 fully saturated rings. The molecule has 0 amide bonds. The molecule has 3 nitrogen and oxygen atoms in total. The van der Waals surface area contributed by atoms with E-state index in [1.807, 2.05) is 0 Å². The Morgan fingerprint density at radius 3 is 2.18 bits per heavy atom. The monoisotopic (exact) mass is 325 g/mol. The number of nitriles is 1. The van der Waals surface area contributed by atoms with Crippen LogP contribution in [0.5, 0.6) is 0 Å². The SMILES string of the molecule is CCOC(=O)Cc1cc(C(F)(F)F)cc(C#N)c1C(F)(F)F. The van der Waals surface area contributed by atoms with E-state index in [1.165, 1.54) is 6.92 Å². The van der Waals surface area contributed by atoms with Crippen LogP contribution in [0, 0.1) is 11.3 Å². The van der Waals surface area contributed by atoms with Gasteiger partial charge in [-0.25, -0.2) is 0 Å². The highest BCUT2D eigenvalue weighted by atomic mass is 19.4. The predicted octanol–water partition coefficient (Wildman–Crippen LogP) is 3.70. The average Bonchev–Trinajstić information content (AvgIpc) is 2.35. The number of carbonyl (C=O) groups is 1. The lowest BCUT2D eigenvalue weighted by molar-refractivity contribution is -0.145. The van der Waals surface area contributed by atoms with Crippen LogP contribution in [-0.4, -0.2) is 12.6 Å². The molecule has 0 unspecified atom stereocenters. The van der Waals surface area contributed by atoms with Crippen LogP contribution in [-0.2, 0) is 28.3 Å². The third-order valence-electron chi connectivity index (χ3n) is 2.59. The van der Waals surface area contributed by atoms with Crippen molar-refractivity contribution in [3.05, 3.63) is 34.4 Å². The van der Waals surface area contributed by atoms with Gasteiger partial charge >= 0.3 is 18.3 Å². The van der Waals surface area contributed by atoms with E-state index in [1.54, 1.807) is 0 Å². The summed E-state index contributed by atoms with van der Waals surface area (Å²) in [6.07, 6.45) is -11.0. The van der Waals surface area contributed by atoms with Crippen molar-refractivity contribution in [2.24, 2.45) is 0 Å². The molecular weight excluding hydrogens is 316 g/mol. The highest BCUT2D eigenvalue weighted by Gasteiger charge is 2.40. The summed E-state index contributed by atoms with van der Waals surface area (Å²) in [5.74, 6) is -1.11. The topological polar surface area (TPSA) is 50.1 Å². The van der Waals surface area contributed by atoms with Gasteiger partial charge in [0.05, 0.1) is 35.8 Å². The molecule has 0 atom stereocenters. The van der Waals surface area contributed by atoms with Crippen molar-refractivity contribution in [2.45, 2.75) is 25.7 Å². The molecule has 9 heteroatoms. The van der Waals surface area contributed by atoms with Gasteiger partial charge in [0, 0.05) is 0 Å². The minimum absolute atomic E-state index is 0.109. The van der Waals surface area contributed by atoms with Crippen molar-refractivity contribution in [3.63, 3.8) is 0 Å². The zero-order chi connectivity index (χ0) is 17.1. The highest BCUT2D eigenvalue weighted by Crippen LogP contribution is 2.39. The molecule has 0 aromatic heterocycles. The maximum atomic E-state index is 13.0. The van der Waals surface area contributed by atoms with Crippen LogP contribution < -0.4 is 0 Å². The molecule has 1 aromatic rings. The Morgan fingerprint density at radius 2 is 1.77 bits per heavy atom. The summed E-state index contributed by atoms with van der Waals surface area (Å²) in [6, 6.07) is 1.41. The van der Waals surface area contributed by atoms with Gasteiger partial charge < -0.3 is 4.74 Å². The Bertz CT molecular complexity index is 613. The Balaban J connectivity index is 3.54. The second-order valence-corrected chi connectivity index (χ2v) is 4.15. The molecule has 22 heavy (non-hydrogen) atoms. The second-order valence-electron chi connectivity index (χ2n) is 4.15. The Hall–Kier alpha value is -2.24. The molecular formula is C13H9F6NO2. The summed E-state index contributed by atoms with van der Waals surface area (Å²) in [7, 11) is 0. The average molecular weight is 325 g/mol. The van der Waals surface area contributed by atoms with Gasteiger partial charge in [0.1, 0.15) is 0 Å². The minimum atomic E-state index is -5.07. The van der Waals surface area contributed by atoms with E-state index in [4.69, 9.17) is 5.26 Å². The molecule has 0 spiro atoms. The maximum Gasteiger partial charge on any atom is 0.417 e. The molecule has 0 heterocycles. The Kier molecular flexibility index (Phi) is 5.06. The van der Waals surface area contributed by atoms with Gasteiger partial charge in [-0.1, -0.05) is 0 Å².